The van der Waals surface area contributed by atoms with Crippen molar-refractivity contribution < 1.29 is 14.6 Å². The molecule has 5 aliphatic carbocycles. The first-order valence-electron chi connectivity index (χ1n) is 9.84. The van der Waals surface area contributed by atoms with Gasteiger partial charge in [-0.1, -0.05) is 6.92 Å². The Morgan fingerprint density at radius 3 is 2.54 bits per heavy atom. The molecule has 2 N–H and O–H groups in total. The zero-order chi connectivity index (χ0) is 18.1. The van der Waals surface area contributed by atoms with Crippen LogP contribution < -0.4 is 10.1 Å². The summed E-state index contributed by atoms with van der Waals surface area (Å²) in [6.07, 6.45) is 8.57. The maximum atomic E-state index is 13.1. The Kier molecular flexibility index (Phi) is 3.43. The number of aliphatic hydroxyl groups is 1. The number of nitrogens with one attached hydrogen (secondary N) is 1. The fourth-order valence-corrected chi connectivity index (χ4v) is 5.96. The molecule has 4 bridgehead atoms. The van der Waals surface area contributed by atoms with Gasteiger partial charge in [-0.15, -0.1) is 0 Å². The molecular formula is C20H27N3O3. The highest BCUT2D eigenvalue weighted by Crippen LogP contribution is 2.55. The maximum Gasteiger partial charge on any atom is 0.316 e. The molecule has 2 atom stereocenters. The second kappa shape index (κ2) is 5.41. The number of hydrogen-bond acceptors (Lipinski definition) is 5. The molecule has 6 nitrogen and oxygen atoms in total. The summed E-state index contributed by atoms with van der Waals surface area (Å²) in [6, 6.07) is 0.489. The van der Waals surface area contributed by atoms with E-state index in [1.807, 2.05) is 0 Å². The van der Waals surface area contributed by atoms with E-state index in [0.717, 1.165) is 50.6 Å². The quantitative estimate of drug-likeness (QED) is 0.863. The van der Waals surface area contributed by atoms with Crippen molar-refractivity contribution in [2.24, 2.45) is 17.8 Å². The topological polar surface area (TPSA) is 84.3 Å². The van der Waals surface area contributed by atoms with Gasteiger partial charge in [0.2, 0.25) is 0 Å². The molecule has 1 heterocycles. The number of ether oxygens (including phenoxy) is 1. The SMILES string of the molecule is COc1ncc(C(=O)NC2C3CC4CC2CC(O)(C4)C3)c(C2(C)CC2)n1. The summed E-state index contributed by atoms with van der Waals surface area (Å²) in [5, 5.41) is 14.0. The van der Waals surface area contributed by atoms with E-state index in [1.165, 1.54) is 0 Å². The standard InChI is InChI=1S/C20H27N3O3/c1-19(3-4-19)16-14(10-21-18(23-16)26-2)17(24)22-15-12-5-11-6-13(15)9-20(25,7-11)8-12/h10-13,15,25H,3-9H2,1-2H3,(H,22,24). The van der Waals surface area contributed by atoms with Crippen LogP contribution in [0.4, 0.5) is 0 Å². The summed E-state index contributed by atoms with van der Waals surface area (Å²) in [7, 11) is 1.55. The third-order valence-corrected chi connectivity index (χ3v) is 7.30. The lowest BCUT2D eigenvalue weighted by molar-refractivity contribution is -0.136. The van der Waals surface area contributed by atoms with E-state index in [2.05, 4.69) is 22.2 Å². The van der Waals surface area contributed by atoms with Crippen LogP contribution in [0, 0.1) is 17.8 Å². The van der Waals surface area contributed by atoms with Crippen molar-refractivity contribution in [3.05, 3.63) is 17.5 Å². The number of carbonyl (C=O) groups is 1. The van der Waals surface area contributed by atoms with Crippen molar-refractivity contribution in [2.75, 3.05) is 7.11 Å². The number of methoxy groups -OCH3 is 1. The van der Waals surface area contributed by atoms with Gasteiger partial charge in [0.05, 0.1) is 24.0 Å². The van der Waals surface area contributed by atoms with Crippen molar-refractivity contribution >= 4 is 5.91 Å². The number of carbonyl (C=O) groups excluding carboxylic acids is 1. The summed E-state index contributed by atoms with van der Waals surface area (Å²) < 4.78 is 5.17. The number of hydrogen-bond donors (Lipinski definition) is 2. The molecule has 1 amide bonds. The first kappa shape index (κ1) is 16.5. The van der Waals surface area contributed by atoms with E-state index in [9.17, 15) is 9.90 Å². The molecule has 5 fully saturated rings. The molecule has 5 saturated carbocycles. The Labute approximate surface area is 153 Å². The van der Waals surface area contributed by atoms with Gasteiger partial charge in [0, 0.05) is 17.7 Å². The third-order valence-electron chi connectivity index (χ3n) is 7.30. The zero-order valence-electron chi connectivity index (χ0n) is 15.5. The minimum Gasteiger partial charge on any atom is -0.467 e. The highest BCUT2D eigenvalue weighted by atomic mass is 16.5. The highest BCUT2D eigenvalue weighted by molar-refractivity contribution is 5.95. The van der Waals surface area contributed by atoms with Gasteiger partial charge in [-0.05, 0) is 62.7 Å². The predicted octanol–water partition coefficient (Wildman–Crippen LogP) is 2.21. The maximum absolute atomic E-state index is 13.1. The fraction of sp³-hybridized carbons (Fsp3) is 0.750. The smallest absolute Gasteiger partial charge is 0.316 e. The molecule has 26 heavy (non-hydrogen) atoms. The molecule has 5 aliphatic rings. The van der Waals surface area contributed by atoms with Crippen molar-refractivity contribution in [1.82, 2.24) is 15.3 Å². The van der Waals surface area contributed by atoms with E-state index < -0.39 is 5.60 Å². The molecule has 6 rings (SSSR count). The normalized spacial score (nSPS) is 38.9. The van der Waals surface area contributed by atoms with Gasteiger partial charge in [0.15, 0.2) is 0 Å². The van der Waals surface area contributed by atoms with Crippen LogP contribution in [0.15, 0.2) is 6.20 Å². The minimum atomic E-state index is -0.479. The van der Waals surface area contributed by atoms with Crippen LogP contribution in [-0.4, -0.2) is 39.7 Å². The Balaban J connectivity index is 1.40. The summed E-state index contributed by atoms with van der Waals surface area (Å²) >= 11 is 0. The van der Waals surface area contributed by atoms with Crippen LogP contribution in [0.2, 0.25) is 0 Å². The van der Waals surface area contributed by atoms with Crippen LogP contribution >= 0.6 is 0 Å². The zero-order valence-corrected chi connectivity index (χ0v) is 15.5. The fourth-order valence-electron chi connectivity index (χ4n) is 5.96. The van der Waals surface area contributed by atoms with E-state index >= 15 is 0 Å². The molecule has 1 aromatic rings. The Bertz CT molecular complexity index is 745. The molecule has 2 unspecified atom stereocenters. The second-order valence-corrected chi connectivity index (χ2v) is 9.37. The highest BCUT2D eigenvalue weighted by Gasteiger charge is 2.55. The van der Waals surface area contributed by atoms with Crippen LogP contribution in [0.1, 0.15) is 67.9 Å². The molecule has 0 aromatic carbocycles. The lowest BCUT2D eigenvalue weighted by Gasteiger charge is -2.58. The molecule has 0 saturated heterocycles. The van der Waals surface area contributed by atoms with Crippen LogP contribution in [0.3, 0.4) is 0 Å². The van der Waals surface area contributed by atoms with Gasteiger partial charge < -0.3 is 15.2 Å². The van der Waals surface area contributed by atoms with Gasteiger partial charge in [-0.2, -0.15) is 4.98 Å². The van der Waals surface area contributed by atoms with E-state index in [1.54, 1.807) is 13.3 Å². The van der Waals surface area contributed by atoms with Crippen LogP contribution in [0.5, 0.6) is 6.01 Å². The Morgan fingerprint density at radius 1 is 1.27 bits per heavy atom. The summed E-state index contributed by atoms with van der Waals surface area (Å²) in [6.45, 7) is 2.14. The molecule has 140 valence electrons. The average molecular weight is 357 g/mol. The van der Waals surface area contributed by atoms with Gasteiger partial charge in [0.25, 0.3) is 5.91 Å². The number of amides is 1. The molecule has 0 aliphatic heterocycles. The van der Waals surface area contributed by atoms with Gasteiger partial charge >= 0.3 is 6.01 Å². The minimum absolute atomic E-state index is 0.0396. The van der Waals surface area contributed by atoms with Crippen LogP contribution in [0.25, 0.3) is 0 Å². The predicted molar refractivity (Wildman–Crippen MR) is 94.9 cm³/mol. The van der Waals surface area contributed by atoms with E-state index in [4.69, 9.17) is 4.74 Å². The van der Waals surface area contributed by atoms with Gasteiger partial charge in [-0.25, -0.2) is 4.98 Å². The molecule has 0 radical (unpaired) electrons. The Morgan fingerprint density at radius 2 is 1.96 bits per heavy atom. The van der Waals surface area contributed by atoms with Gasteiger partial charge in [-0.3, -0.25) is 4.79 Å². The molecule has 6 heteroatoms. The lowest BCUT2D eigenvalue weighted by atomic mass is 9.52. The lowest BCUT2D eigenvalue weighted by Crippen LogP contribution is -2.61. The second-order valence-electron chi connectivity index (χ2n) is 9.37. The van der Waals surface area contributed by atoms with Crippen molar-refractivity contribution in [3.8, 4) is 6.01 Å². The van der Waals surface area contributed by atoms with Crippen molar-refractivity contribution in [1.29, 1.82) is 0 Å². The third kappa shape index (κ3) is 2.53. The van der Waals surface area contributed by atoms with E-state index in [-0.39, 0.29) is 17.4 Å². The molecular weight excluding hydrogens is 330 g/mol. The van der Waals surface area contributed by atoms with Crippen molar-refractivity contribution in [2.45, 2.75) is 68.9 Å². The summed E-state index contributed by atoms with van der Waals surface area (Å²) in [5.41, 5.74) is 0.873. The monoisotopic (exact) mass is 357 g/mol. The van der Waals surface area contributed by atoms with Gasteiger partial charge in [0.1, 0.15) is 0 Å². The number of rotatable bonds is 4. The number of nitrogens with zero attached hydrogens (tertiary/aromatic N) is 2. The summed E-state index contributed by atoms with van der Waals surface area (Å²) in [5.74, 6) is 1.36. The van der Waals surface area contributed by atoms with Crippen molar-refractivity contribution in [3.63, 3.8) is 0 Å². The first-order valence-corrected chi connectivity index (χ1v) is 9.84. The largest absolute Gasteiger partial charge is 0.467 e. The van der Waals surface area contributed by atoms with E-state index in [0.29, 0.717) is 29.3 Å². The summed E-state index contributed by atoms with van der Waals surface area (Å²) in [4.78, 5) is 21.8. The van der Waals surface area contributed by atoms with Crippen LogP contribution in [-0.2, 0) is 5.41 Å². The Hall–Kier alpha value is -1.69. The number of aromatic nitrogens is 2. The molecule has 0 spiro atoms. The average Bonchev–Trinajstić information content (AvgIpc) is 3.34. The first-order chi connectivity index (χ1) is 12.4. The molecule has 1 aromatic heterocycles.